The third-order valence-corrected chi connectivity index (χ3v) is 6.72. The van der Waals surface area contributed by atoms with Crippen molar-refractivity contribution in [3.63, 3.8) is 0 Å². The quantitative estimate of drug-likeness (QED) is 0.525. The number of fused-ring (bicyclic) bond motifs is 2. The van der Waals surface area contributed by atoms with Gasteiger partial charge in [0.25, 0.3) is 5.56 Å². The van der Waals surface area contributed by atoms with Gasteiger partial charge < -0.3 is 15.3 Å². The lowest BCUT2D eigenvalue weighted by Gasteiger charge is -2.24. The van der Waals surface area contributed by atoms with Gasteiger partial charge in [-0.2, -0.15) is 0 Å². The number of aromatic nitrogens is 3. The van der Waals surface area contributed by atoms with Crippen LogP contribution in [0.1, 0.15) is 42.4 Å². The Hall–Kier alpha value is -3.20. The van der Waals surface area contributed by atoms with Crippen LogP contribution in [0.15, 0.2) is 29.1 Å². The van der Waals surface area contributed by atoms with Crippen LogP contribution < -0.4 is 15.8 Å². The van der Waals surface area contributed by atoms with Gasteiger partial charge in [0.1, 0.15) is 11.0 Å². The molecule has 1 saturated carbocycles. The Balaban J connectivity index is 1.61. The van der Waals surface area contributed by atoms with Gasteiger partial charge in [-0.3, -0.25) is 9.36 Å². The molecule has 172 valence electrons. The summed E-state index contributed by atoms with van der Waals surface area (Å²) in [6.07, 6.45) is 1.22. The molecule has 1 aromatic carbocycles. The zero-order valence-electron chi connectivity index (χ0n) is 18.2. The number of hydrogen-bond donors (Lipinski definition) is 2. The number of rotatable bonds is 6. The SMILES string of the molecule is CCn1c(N2CC3CC3C2)nc2c(C(C)Nc3ccc(Cl)nc3C(=O)O)cc(F)cc2c1=O. The smallest absolute Gasteiger partial charge is 0.356 e. The normalized spacial score (nSPS) is 20.1. The molecule has 8 nitrogen and oxygen atoms in total. The van der Waals surface area contributed by atoms with Crippen LogP contribution in [-0.2, 0) is 6.54 Å². The standard InChI is InChI=1S/C23H23ClFN5O3/c1-3-30-21(31)16-8-14(25)7-15(19(16)28-23(30)29-9-12-6-13(12)10-29)11(2)26-17-4-5-18(24)27-20(17)22(32)33/h4-5,7-8,11-13,26H,3,6,9-10H2,1-2H3,(H,32,33). The minimum atomic E-state index is -1.24. The second-order valence-electron chi connectivity index (χ2n) is 8.71. The number of benzene rings is 1. The van der Waals surface area contributed by atoms with Crippen molar-refractivity contribution in [3.8, 4) is 0 Å². The van der Waals surface area contributed by atoms with E-state index in [9.17, 15) is 19.1 Å². The molecule has 1 aliphatic heterocycles. The van der Waals surface area contributed by atoms with Crippen LogP contribution in [0.25, 0.3) is 10.9 Å². The van der Waals surface area contributed by atoms with Crippen molar-refractivity contribution in [2.24, 2.45) is 11.8 Å². The Bertz CT molecular complexity index is 1330. The van der Waals surface area contributed by atoms with Crippen LogP contribution >= 0.6 is 11.6 Å². The largest absolute Gasteiger partial charge is 0.476 e. The highest BCUT2D eigenvalue weighted by molar-refractivity contribution is 6.29. The molecule has 10 heteroatoms. The van der Waals surface area contributed by atoms with Gasteiger partial charge in [0.15, 0.2) is 5.69 Å². The lowest BCUT2D eigenvalue weighted by molar-refractivity contribution is 0.0691. The van der Waals surface area contributed by atoms with E-state index in [-0.39, 0.29) is 27.5 Å². The predicted molar refractivity (Wildman–Crippen MR) is 124 cm³/mol. The maximum absolute atomic E-state index is 14.6. The van der Waals surface area contributed by atoms with Crippen LogP contribution in [-0.4, -0.2) is 38.7 Å². The van der Waals surface area contributed by atoms with E-state index in [0.29, 0.717) is 35.4 Å². The molecule has 2 N–H and O–H groups in total. The summed E-state index contributed by atoms with van der Waals surface area (Å²) in [5.74, 6) is 0.110. The topological polar surface area (TPSA) is 100 Å². The second-order valence-corrected chi connectivity index (χ2v) is 9.10. The summed E-state index contributed by atoms with van der Waals surface area (Å²) in [4.78, 5) is 35.8. The van der Waals surface area contributed by atoms with Gasteiger partial charge in [-0.1, -0.05) is 11.6 Å². The zero-order valence-corrected chi connectivity index (χ0v) is 18.9. The molecule has 5 rings (SSSR count). The Kier molecular flexibility index (Phi) is 5.23. The van der Waals surface area contributed by atoms with E-state index >= 15 is 0 Å². The fourth-order valence-corrected chi connectivity index (χ4v) is 4.90. The molecule has 2 fully saturated rings. The molecule has 0 amide bonds. The summed E-state index contributed by atoms with van der Waals surface area (Å²) in [7, 11) is 0. The van der Waals surface area contributed by atoms with E-state index < -0.39 is 17.8 Å². The number of carbonyl (C=O) groups is 1. The first-order valence-corrected chi connectivity index (χ1v) is 11.3. The fourth-order valence-electron chi connectivity index (χ4n) is 4.75. The number of carboxylic acids is 1. The Morgan fingerprint density at radius 2 is 2.03 bits per heavy atom. The molecule has 0 bridgehead atoms. The first kappa shape index (κ1) is 21.6. The van der Waals surface area contributed by atoms with Gasteiger partial charge in [-0.15, -0.1) is 0 Å². The molecule has 3 aromatic rings. The number of halogens is 2. The number of pyridine rings is 1. The van der Waals surface area contributed by atoms with E-state index in [1.807, 2.05) is 6.92 Å². The van der Waals surface area contributed by atoms with Gasteiger partial charge in [0, 0.05) is 25.2 Å². The number of anilines is 2. The van der Waals surface area contributed by atoms with Crippen molar-refractivity contribution < 1.29 is 14.3 Å². The molecular formula is C23H23ClFN5O3. The third kappa shape index (κ3) is 3.80. The maximum Gasteiger partial charge on any atom is 0.356 e. The molecule has 1 saturated heterocycles. The zero-order chi connectivity index (χ0) is 23.4. The molecule has 0 radical (unpaired) electrons. The molecule has 33 heavy (non-hydrogen) atoms. The van der Waals surface area contributed by atoms with Crippen molar-refractivity contribution in [2.45, 2.75) is 32.9 Å². The van der Waals surface area contributed by atoms with Gasteiger partial charge >= 0.3 is 5.97 Å². The second kappa shape index (κ2) is 7.98. The van der Waals surface area contributed by atoms with Crippen molar-refractivity contribution in [1.29, 1.82) is 0 Å². The highest BCUT2D eigenvalue weighted by Crippen LogP contribution is 2.46. The van der Waals surface area contributed by atoms with Crippen LogP contribution in [0.2, 0.25) is 5.15 Å². The van der Waals surface area contributed by atoms with E-state index in [2.05, 4.69) is 15.2 Å². The highest BCUT2D eigenvalue weighted by Gasteiger charge is 2.46. The molecule has 2 aliphatic rings. The van der Waals surface area contributed by atoms with Crippen molar-refractivity contribution in [1.82, 2.24) is 14.5 Å². The summed E-state index contributed by atoms with van der Waals surface area (Å²) >= 11 is 5.85. The summed E-state index contributed by atoms with van der Waals surface area (Å²) in [6, 6.07) is 4.97. The Morgan fingerprint density at radius 3 is 2.70 bits per heavy atom. The summed E-state index contributed by atoms with van der Waals surface area (Å²) in [5, 5.41) is 12.8. The number of carboxylic acid groups (broad SMARTS) is 1. The number of piperidine rings is 1. The van der Waals surface area contributed by atoms with Crippen LogP contribution in [0.4, 0.5) is 16.0 Å². The molecule has 3 atom stereocenters. The Morgan fingerprint density at radius 1 is 1.30 bits per heavy atom. The number of aromatic carboxylic acids is 1. The maximum atomic E-state index is 14.6. The fraction of sp³-hybridized carbons (Fsp3) is 0.391. The van der Waals surface area contributed by atoms with E-state index in [4.69, 9.17) is 16.6 Å². The number of nitrogens with zero attached hydrogens (tertiary/aromatic N) is 4. The molecule has 2 aromatic heterocycles. The molecule has 3 unspecified atom stereocenters. The van der Waals surface area contributed by atoms with Crippen LogP contribution in [0.3, 0.4) is 0 Å². The molecular weight excluding hydrogens is 449 g/mol. The first-order chi connectivity index (χ1) is 15.8. The lowest BCUT2D eigenvalue weighted by Crippen LogP contribution is -2.33. The minimum Gasteiger partial charge on any atom is -0.476 e. The van der Waals surface area contributed by atoms with E-state index in [1.54, 1.807) is 11.5 Å². The summed E-state index contributed by atoms with van der Waals surface area (Å²) in [5.41, 5.74) is 0.569. The molecule has 1 aliphatic carbocycles. The highest BCUT2D eigenvalue weighted by atomic mass is 35.5. The van der Waals surface area contributed by atoms with Gasteiger partial charge in [-0.05, 0) is 56.4 Å². The van der Waals surface area contributed by atoms with E-state index in [0.717, 1.165) is 13.1 Å². The average Bonchev–Trinajstić information content (AvgIpc) is 3.39. The minimum absolute atomic E-state index is 0.0527. The van der Waals surface area contributed by atoms with Crippen molar-refractivity contribution in [3.05, 3.63) is 56.8 Å². The van der Waals surface area contributed by atoms with Crippen molar-refractivity contribution >= 4 is 40.1 Å². The number of nitrogens with one attached hydrogen (secondary N) is 1. The van der Waals surface area contributed by atoms with Gasteiger partial charge in [-0.25, -0.2) is 19.2 Å². The van der Waals surface area contributed by atoms with Gasteiger partial charge in [0.2, 0.25) is 5.95 Å². The lowest BCUT2D eigenvalue weighted by atomic mass is 10.0. The summed E-state index contributed by atoms with van der Waals surface area (Å²) < 4.78 is 16.2. The first-order valence-electron chi connectivity index (χ1n) is 10.9. The van der Waals surface area contributed by atoms with Crippen LogP contribution in [0.5, 0.6) is 0 Å². The number of hydrogen-bond acceptors (Lipinski definition) is 6. The monoisotopic (exact) mass is 471 g/mol. The predicted octanol–water partition coefficient (Wildman–Crippen LogP) is 3.93. The van der Waals surface area contributed by atoms with Crippen LogP contribution in [0, 0.1) is 17.7 Å². The molecule has 3 heterocycles. The Labute approximate surface area is 194 Å². The van der Waals surface area contributed by atoms with Crippen molar-refractivity contribution in [2.75, 3.05) is 23.3 Å². The summed E-state index contributed by atoms with van der Waals surface area (Å²) in [6.45, 7) is 5.80. The molecule has 0 spiro atoms. The average molecular weight is 472 g/mol. The van der Waals surface area contributed by atoms with Gasteiger partial charge in [0.05, 0.1) is 22.6 Å². The third-order valence-electron chi connectivity index (χ3n) is 6.51. The van der Waals surface area contributed by atoms with E-state index in [1.165, 1.54) is 30.7 Å².